The molecule has 3 aliphatic rings. The minimum absolute atomic E-state index is 0.524. The van der Waals surface area contributed by atoms with Crippen molar-refractivity contribution in [2.45, 2.75) is 25.3 Å². The van der Waals surface area contributed by atoms with E-state index in [0.29, 0.717) is 11.9 Å². The Morgan fingerprint density at radius 2 is 2.15 bits per heavy atom. The van der Waals surface area contributed by atoms with Crippen LogP contribution in [0.5, 0.6) is 0 Å². The maximum absolute atomic E-state index is 5.97. The van der Waals surface area contributed by atoms with Gasteiger partial charge in [0.2, 0.25) is 0 Å². The van der Waals surface area contributed by atoms with Gasteiger partial charge in [0.1, 0.15) is 11.3 Å². The predicted molar refractivity (Wildman–Crippen MR) is 80.2 cm³/mol. The van der Waals surface area contributed by atoms with Gasteiger partial charge in [-0.2, -0.15) is 0 Å². The van der Waals surface area contributed by atoms with Gasteiger partial charge in [0.05, 0.1) is 6.04 Å². The normalized spacial score (nSPS) is 29.1. The maximum atomic E-state index is 5.97. The second-order valence-corrected chi connectivity index (χ2v) is 6.27. The molecule has 0 N–H and O–H groups in total. The highest BCUT2D eigenvalue weighted by atomic mass is 35.5. The molecule has 20 heavy (non-hydrogen) atoms. The lowest BCUT2D eigenvalue weighted by atomic mass is 9.84. The number of alkyl halides is 1. The fourth-order valence-electron chi connectivity index (χ4n) is 3.81. The number of halogens is 1. The van der Waals surface area contributed by atoms with Crippen LogP contribution in [0, 0.1) is 5.92 Å². The molecule has 2 bridgehead atoms. The van der Waals surface area contributed by atoms with Crippen LogP contribution in [0.1, 0.15) is 24.7 Å². The number of aryl methyl sites for hydroxylation is 1. The van der Waals surface area contributed by atoms with E-state index in [2.05, 4.69) is 20.5 Å². The monoisotopic (exact) mass is 290 g/mol. The summed E-state index contributed by atoms with van der Waals surface area (Å²) in [6.07, 6.45) is 5.29. The van der Waals surface area contributed by atoms with Gasteiger partial charge in [-0.1, -0.05) is 0 Å². The van der Waals surface area contributed by atoms with Crippen molar-refractivity contribution in [3.63, 3.8) is 0 Å². The molecule has 1 unspecified atom stereocenters. The molecule has 5 heteroatoms. The summed E-state index contributed by atoms with van der Waals surface area (Å²) in [5, 5.41) is 0. The Morgan fingerprint density at radius 3 is 2.85 bits per heavy atom. The van der Waals surface area contributed by atoms with E-state index in [9.17, 15) is 0 Å². The van der Waals surface area contributed by atoms with Crippen molar-refractivity contribution in [2.24, 2.45) is 5.92 Å². The molecular formula is C15H19ClN4. The van der Waals surface area contributed by atoms with Gasteiger partial charge >= 0.3 is 0 Å². The lowest BCUT2D eigenvalue weighted by Crippen LogP contribution is -2.48. The molecule has 4 nitrogen and oxygen atoms in total. The van der Waals surface area contributed by atoms with Crippen LogP contribution in [0.25, 0.3) is 11.2 Å². The molecule has 0 aliphatic carbocycles. The van der Waals surface area contributed by atoms with E-state index < -0.39 is 0 Å². The summed E-state index contributed by atoms with van der Waals surface area (Å²) in [5.74, 6) is 2.49. The Morgan fingerprint density at radius 1 is 1.30 bits per heavy atom. The van der Waals surface area contributed by atoms with Gasteiger partial charge in [-0.15, -0.1) is 11.6 Å². The van der Waals surface area contributed by atoms with Gasteiger partial charge in [-0.25, -0.2) is 9.97 Å². The number of aromatic nitrogens is 3. The molecular weight excluding hydrogens is 272 g/mol. The number of rotatable bonds is 3. The lowest BCUT2D eigenvalue weighted by Gasteiger charge is -2.45. The third-order valence-corrected chi connectivity index (χ3v) is 4.98. The quantitative estimate of drug-likeness (QED) is 0.815. The van der Waals surface area contributed by atoms with E-state index in [1.54, 1.807) is 0 Å². The van der Waals surface area contributed by atoms with E-state index in [-0.39, 0.29) is 0 Å². The van der Waals surface area contributed by atoms with Gasteiger partial charge < -0.3 is 9.47 Å². The standard InChI is InChI=1S/C15H19ClN4/c16-6-3-14-18-12-2-1-7-17-15(12)20(14)13-10-19-8-4-11(13)5-9-19/h1-2,7,11,13H,3-6,8-10H2. The minimum Gasteiger partial charge on any atom is -0.308 e. The zero-order chi connectivity index (χ0) is 13.5. The van der Waals surface area contributed by atoms with E-state index in [0.717, 1.165) is 35.9 Å². The molecule has 0 saturated carbocycles. The summed E-state index contributed by atoms with van der Waals surface area (Å²) < 4.78 is 2.38. The number of fused-ring (bicyclic) bond motifs is 4. The summed E-state index contributed by atoms with van der Waals surface area (Å²) in [6.45, 7) is 3.65. The first-order valence-corrected chi connectivity index (χ1v) is 8.00. The molecule has 5 heterocycles. The number of pyridine rings is 1. The first kappa shape index (κ1) is 12.6. The molecule has 2 aromatic rings. The second-order valence-electron chi connectivity index (χ2n) is 5.89. The first-order chi connectivity index (χ1) is 9.86. The SMILES string of the molecule is ClCCc1nc2cccnc2n1C1CN2CCC1CC2. The number of hydrogen-bond acceptors (Lipinski definition) is 3. The summed E-state index contributed by atoms with van der Waals surface area (Å²) >= 11 is 5.97. The van der Waals surface area contributed by atoms with Crippen LogP contribution < -0.4 is 0 Å². The highest BCUT2D eigenvalue weighted by Crippen LogP contribution is 2.37. The molecule has 106 valence electrons. The number of piperidine rings is 3. The van der Waals surface area contributed by atoms with Gasteiger partial charge in [-0.3, -0.25) is 0 Å². The highest BCUT2D eigenvalue weighted by Gasteiger charge is 2.36. The maximum Gasteiger partial charge on any atom is 0.160 e. The van der Waals surface area contributed by atoms with Gasteiger partial charge in [-0.05, 0) is 44.0 Å². The zero-order valence-corrected chi connectivity index (χ0v) is 12.3. The average Bonchev–Trinajstić information content (AvgIpc) is 2.86. The Hall–Kier alpha value is -1.13. The molecule has 1 atom stereocenters. The van der Waals surface area contributed by atoms with Crippen LogP contribution in [0.4, 0.5) is 0 Å². The summed E-state index contributed by atoms with van der Waals surface area (Å²) in [7, 11) is 0. The average molecular weight is 291 g/mol. The molecule has 0 spiro atoms. The Labute approximate surface area is 123 Å². The Bertz CT molecular complexity index is 615. The summed E-state index contributed by atoms with van der Waals surface area (Å²) in [4.78, 5) is 11.9. The topological polar surface area (TPSA) is 34.0 Å². The van der Waals surface area contributed by atoms with E-state index in [1.807, 2.05) is 12.3 Å². The van der Waals surface area contributed by atoms with Gasteiger partial charge in [0.15, 0.2) is 5.65 Å². The third kappa shape index (κ3) is 1.93. The minimum atomic E-state index is 0.524. The smallest absolute Gasteiger partial charge is 0.160 e. The van der Waals surface area contributed by atoms with Crippen LogP contribution in [-0.2, 0) is 6.42 Å². The molecule has 3 saturated heterocycles. The second kappa shape index (κ2) is 5.01. The number of nitrogens with zero attached hydrogens (tertiary/aromatic N) is 4. The Kier molecular flexibility index (Phi) is 3.15. The van der Waals surface area contributed by atoms with Crippen LogP contribution in [0.2, 0.25) is 0 Å². The van der Waals surface area contributed by atoms with E-state index >= 15 is 0 Å². The Balaban J connectivity index is 1.82. The van der Waals surface area contributed by atoms with Crippen molar-refractivity contribution >= 4 is 22.8 Å². The fraction of sp³-hybridized carbons (Fsp3) is 0.600. The van der Waals surface area contributed by atoms with Crippen molar-refractivity contribution in [2.75, 3.05) is 25.5 Å². The predicted octanol–water partition coefficient (Wildman–Crippen LogP) is 2.48. The van der Waals surface area contributed by atoms with Crippen molar-refractivity contribution in [3.05, 3.63) is 24.2 Å². The van der Waals surface area contributed by atoms with Crippen molar-refractivity contribution in [3.8, 4) is 0 Å². The molecule has 3 fully saturated rings. The van der Waals surface area contributed by atoms with Crippen LogP contribution in [-0.4, -0.2) is 44.9 Å². The highest BCUT2D eigenvalue weighted by molar-refractivity contribution is 6.17. The molecule has 3 aliphatic heterocycles. The van der Waals surface area contributed by atoms with E-state index in [4.69, 9.17) is 16.6 Å². The summed E-state index contributed by atoms with van der Waals surface area (Å²) in [6, 6.07) is 4.54. The van der Waals surface area contributed by atoms with Crippen molar-refractivity contribution in [1.82, 2.24) is 19.4 Å². The lowest BCUT2D eigenvalue weighted by molar-refractivity contribution is 0.0574. The zero-order valence-electron chi connectivity index (χ0n) is 11.5. The number of hydrogen-bond donors (Lipinski definition) is 0. The van der Waals surface area contributed by atoms with Crippen LogP contribution in [0.15, 0.2) is 18.3 Å². The van der Waals surface area contributed by atoms with Crippen LogP contribution in [0.3, 0.4) is 0 Å². The fourth-order valence-corrected chi connectivity index (χ4v) is 3.98. The molecule has 5 rings (SSSR count). The summed E-state index contributed by atoms with van der Waals surface area (Å²) in [5.41, 5.74) is 2.04. The van der Waals surface area contributed by atoms with Crippen molar-refractivity contribution < 1.29 is 0 Å². The molecule has 2 aromatic heterocycles. The van der Waals surface area contributed by atoms with E-state index in [1.165, 1.54) is 25.9 Å². The molecule has 0 amide bonds. The molecule has 0 radical (unpaired) electrons. The van der Waals surface area contributed by atoms with Crippen LogP contribution >= 0.6 is 11.6 Å². The number of imidazole rings is 1. The van der Waals surface area contributed by atoms with Crippen molar-refractivity contribution in [1.29, 1.82) is 0 Å². The first-order valence-electron chi connectivity index (χ1n) is 7.47. The molecule has 0 aromatic carbocycles. The largest absolute Gasteiger partial charge is 0.308 e. The van der Waals surface area contributed by atoms with Gasteiger partial charge in [0, 0.05) is 25.0 Å². The third-order valence-electron chi connectivity index (χ3n) is 4.79. The van der Waals surface area contributed by atoms with Gasteiger partial charge in [0.25, 0.3) is 0 Å².